The maximum absolute atomic E-state index is 15.1. The predicted octanol–water partition coefficient (Wildman–Crippen LogP) is 6.08. The summed E-state index contributed by atoms with van der Waals surface area (Å²) in [5, 5.41) is 3.41. The molecule has 40 heavy (non-hydrogen) atoms. The van der Waals surface area contributed by atoms with Crippen LogP contribution in [0.15, 0.2) is 36.4 Å². The summed E-state index contributed by atoms with van der Waals surface area (Å²) in [6.07, 6.45) is 7.76. The van der Waals surface area contributed by atoms with Crippen molar-refractivity contribution in [3.05, 3.63) is 58.9 Å². The summed E-state index contributed by atoms with van der Waals surface area (Å²) in [5.41, 5.74) is 3.66. The molecule has 2 aromatic carbocycles. The summed E-state index contributed by atoms with van der Waals surface area (Å²) < 4.78 is 21.0. The number of hydrogen-bond donors (Lipinski definition) is 1. The van der Waals surface area contributed by atoms with E-state index in [1.54, 1.807) is 13.0 Å². The molecule has 0 spiro atoms. The van der Waals surface area contributed by atoms with Crippen molar-refractivity contribution in [3.63, 3.8) is 0 Å². The molecule has 1 saturated carbocycles. The van der Waals surface area contributed by atoms with Gasteiger partial charge in [0.1, 0.15) is 24.0 Å². The molecule has 1 aliphatic carbocycles. The van der Waals surface area contributed by atoms with Gasteiger partial charge in [0.15, 0.2) is 0 Å². The molecular formula is C33H44FN3O3. The second-order valence-electron chi connectivity index (χ2n) is 12.2. The molecule has 1 N–H and O–H groups in total. The molecule has 0 bridgehead atoms. The Hall–Kier alpha value is -2.93. The molecule has 0 saturated heterocycles. The maximum Gasteiger partial charge on any atom is 0.257 e. The zero-order valence-corrected chi connectivity index (χ0v) is 24.1. The third-order valence-corrected chi connectivity index (χ3v) is 8.87. The third-order valence-electron chi connectivity index (χ3n) is 8.87. The van der Waals surface area contributed by atoms with Gasteiger partial charge < -0.3 is 19.7 Å². The molecule has 2 unspecified atom stereocenters. The molecule has 1 fully saturated rings. The van der Waals surface area contributed by atoms with E-state index in [0.29, 0.717) is 55.0 Å². The number of halogens is 1. The molecule has 3 aliphatic rings. The van der Waals surface area contributed by atoms with Crippen molar-refractivity contribution < 1.29 is 18.7 Å². The lowest BCUT2D eigenvalue weighted by atomic mass is 9.94. The van der Waals surface area contributed by atoms with Gasteiger partial charge in [0.25, 0.3) is 5.91 Å². The van der Waals surface area contributed by atoms with Crippen molar-refractivity contribution in [1.82, 2.24) is 9.80 Å². The molecule has 2 heterocycles. The molecule has 3 atom stereocenters. The van der Waals surface area contributed by atoms with Gasteiger partial charge in [-0.1, -0.05) is 44.0 Å². The molecule has 216 valence electrons. The Morgan fingerprint density at radius 3 is 2.75 bits per heavy atom. The highest BCUT2D eigenvalue weighted by molar-refractivity contribution is 5.98. The van der Waals surface area contributed by atoms with Gasteiger partial charge >= 0.3 is 0 Å². The number of carbonyl (C=O) groups is 2. The number of nitrogens with one attached hydrogen (secondary N) is 1. The minimum atomic E-state index is -0.379. The largest absolute Gasteiger partial charge is 0.491 e. The predicted molar refractivity (Wildman–Crippen MR) is 156 cm³/mol. The fraction of sp³-hybridized carbons (Fsp3) is 0.576. The van der Waals surface area contributed by atoms with E-state index in [4.69, 9.17) is 4.74 Å². The first-order valence-electron chi connectivity index (χ1n) is 15.2. The van der Waals surface area contributed by atoms with Crippen LogP contribution in [0.25, 0.3) is 0 Å². The normalized spacial score (nSPS) is 22.4. The minimum Gasteiger partial charge on any atom is -0.491 e. The summed E-state index contributed by atoms with van der Waals surface area (Å²) in [6, 6.07) is 11.8. The van der Waals surface area contributed by atoms with Crippen LogP contribution < -0.4 is 10.1 Å². The van der Waals surface area contributed by atoms with Gasteiger partial charge in [-0.2, -0.15) is 0 Å². The average molecular weight is 550 g/mol. The van der Waals surface area contributed by atoms with E-state index in [2.05, 4.69) is 41.4 Å². The van der Waals surface area contributed by atoms with Gasteiger partial charge in [-0.05, 0) is 68.1 Å². The number of anilines is 1. The smallest absolute Gasteiger partial charge is 0.257 e. The van der Waals surface area contributed by atoms with Crippen molar-refractivity contribution in [3.8, 4) is 5.75 Å². The highest BCUT2D eigenvalue weighted by Crippen LogP contribution is 2.33. The van der Waals surface area contributed by atoms with Crippen LogP contribution in [0.4, 0.5) is 10.1 Å². The van der Waals surface area contributed by atoms with E-state index in [1.807, 2.05) is 4.90 Å². The highest BCUT2D eigenvalue weighted by Gasteiger charge is 2.28. The molecule has 7 heteroatoms. The van der Waals surface area contributed by atoms with E-state index >= 15 is 4.39 Å². The standard InChI is InChI=1S/C33H44FN3O3/c1-23(20-36-15-14-26-7-3-4-8-27(26)22-36)21-37-16-17-40-32-19-30(34)31(18-29(32)33(37)39)35-28-9-5-6-25(12-13-28)11-10-24(2)38/h3-4,7-8,18-19,23,25,28,35H,5-6,9-17,20-22H2,1-2H3/t23-,25?,28?/m1/s1. The summed E-state index contributed by atoms with van der Waals surface area (Å²) in [7, 11) is 0. The van der Waals surface area contributed by atoms with Gasteiger partial charge in [0.05, 0.1) is 17.8 Å². The summed E-state index contributed by atoms with van der Waals surface area (Å²) >= 11 is 0. The van der Waals surface area contributed by atoms with Gasteiger partial charge in [-0.3, -0.25) is 9.69 Å². The molecule has 0 radical (unpaired) electrons. The number of carbonyl (C=O) groups excluding carboxylic acids is 2. The number of nitrogens with zero attached hydrogens (tertiary/aromatic N) is 2. The van der Waals surface area contributed by atoms with E-state index in [9.17, 15) is 9.59 Å². The number of benzene rings is 2. The van der Waals surface area contributed by atoms with Crippen LogP contribution in [0, 0.1) is 17.7 Å². The molecule has 1 amide bonds. The summed E-state index contributed by atoms with van der Waals surface area (Å²) in [4.78, 5) is 29.4. The average Bonchev–Trinajstić information content (AvgIpc) is 3.24. The van der Waals surface area contributed by atoms with Crippen LogP contribution in [-0.4, -0.2) is 60.3 Å². The van der Waals surface area contributed by atoms with Crippen LogP contribution >= 0.6 is 0 Å². The molecule has 2 aromatic rings. The van der Waals surface area contributed by atoms with Gasteiger partial charge in [0.2, 0.25) is 0 Å². The maximum atomic E-state index is 15.1. The fourth-order valence-corrected chi connectivity index (χ4v) is 6.69. The van der Waals surface area contributed by atoms with E-state index in [-0.39, 0.29) is 23.5 Å². The van der Waals surface area contributed by atoms with Crippen LogP contribution in [0.2, 0.25) is 0 Å². The molecule has 0 aromatic heterocycles. The first kappa shape index (κ1) is 28.6. The van der Waals surface area contributed by atoms with Crippen molar-refractivity contribution in [1.29, 1.82) is 0 Å². The van der Waals surface area contributed by atoms with Gasteiger partial charge in [-0.25, -0.2) is 4.39 Å². The SMILES string of the molecule is CC(=O)CCC1CCCC(Nc2cc3c(cc2F)OCCN(C[C@H](C)CN2CCc4ccccc4C2)C3=O)CC1. The van der Waals surface area contributed by atoms with Gasteiger partial charge in [-0.15, -0.1) is 0 Å². The Labute approximate surface area is 238 Å². The zero-order chi connectivity index (χ0) is 28.1. The van der Waals surface area contributed by atoms with Crippen LogP contribution in [0.1, 0.15) is 80.3 Å². The topological polar surface area (TPSA) is 61.9 Å². The van der Waals surface area contributed by atoms with Crippen molar-refractivity contribution in [2.45, 2.75) is 77.8 Å². The van der Waals surface area contributed by atoms with Crippen LogP contribution in [0.3, 0.4) is 0 Å². The Kier molecular flexibility index (Phi) is 9.40. The summed E-state index contributed by atoms with van der Waals surface area (Å²) in [6.45, 7) is 8.27. The lowest BCUT2D eigenvalue weighted by molar-refractivity contribution is -0.117. The molecule has 5 rings (SSSR count). The molecule has 6 nitrogen and oxygen atoms in total. The minimum absolute atomic E-state index is 0.0865. The second-order valence-corrected chi connectivity index (χ2v) is 12.2. The Bertz CT molecular complexity index is 1200. The number of Topliss-reactive ketones (excluding diaryl/α,β-unsaturated/α-hetero) is 1. The number of amides is 1. The zero-order valence-electron chi connectivity index (χ0n) is 24.1. The highest BCUT2D eigenvalue weighted by atomic mass is 19.1. The molecule has 2 aliphatic heterocycles. The van der Waals surface area contributed by atoms with Crippen molar-refractivity contribution in [2.24, 2.45) is 11.8 Å². The Morgan fingerprint density at radius 2 is 1.93 bits per heavy atom. The first-order chi connectivity index (χ1) is 19.4. The number of hydrogen-bond acceptors (Lipinski definition) is 5. The van der Waals surface area contributed by atoms with E-state index in [1.165, 1.54) is 17.2 Å². The lowest BCUT2D eigenvalue weighted by Crippen LogP contribution is -2.41. The van der Waals surface area contributed by atoms with Crippen LogP contribution in [-0.2, 0) is 17.8 Å². The number of rotatable bonds is 9. The quantitative estimate of drug-likeness (QED) is 0.384. The van der Waals surface area contributed by atoms with E-state index in [0.717, 1.165) is 64.6 Å². The van der Waals surface area contributed by atoms with Crippen molar-refractivity contribution >= 4 is 17.4 Å². The second kappa shape index (κ2) is 13.2. The Morgan fingerprint density at radius 1 is 1.10 bits per heavy atom. The van der Waals surface area contributed by atoms with Gasteiger partial charge in [0, 0.05) is 44.7 Å². The third kappa shape index (κ3) is 7.22. The summed E-state index contributed by atoms with van der Waals surface area (Å²) in [5.74, 6) is 0.973. The lowest BCUT2D eigenvalue weighted by Gasteiger charge is -2.32. The van der Waals surface area contributed by atoms with Crippen molar-refractivity contribution in [2.75, 3.05) is 38.1 Å². The number of fused-ring (bicyclic) bond motifs is 2. The Balaban J connectivity index is 1.20. The fourth-order valence-electron chi connectivity index (χ4n) is 6.69. The molecular weight excluding hydrogens is 505 g/mol. The number of ether oxygens (including phenoxy) is 1. The van der Waals surface area contributed by atoms with Crippen LogP contribution in [0.5, 0.6) is 5.75 Å². The first-order valence-corrected chi connectivity index (χ1v) is 15.2. The van der Waals surface area contributed by atoms with E-state index < -0.39 is 0 Å². The monoisotopic (exact) mass is 549 g/mol. The number of ketones is 1.